The van der Waals surface area contributed by atoms with E-state index in [1.165, 1.54) is 10.6 Å². The van der Waals surface area contributed by atoms with Crippen molar-refractivity contribution < 1.29 is 9.18 Å². The van der Waals surface area contributed by atoms with E-state index in [-0.39, 0.29) is 23.3 Å². The highest BCUT2D eigenvalue weighted by atomic mass is 19.1. The van der Waals surface area contributed by atoms with Gasteiger partial charge in [-0.2, -0.15) is 5.10 Å². The number of aromatic nitrogens is 4. The highest BCUT2D eigenvalue weighted by Crippen LogP contribution is 2.28. The number of carbonyl (C=O) groups excluding carboxylic acids is 1. The second-order valence-corrected chi connectivity index (χ2v) is 6.85. The van der Waals surface area contributed by atoms with Crippen LogP contribution in [0.25, 0.3) is 10.9 Å². The van der Waals surface area contributed by atoms with Crippen molar-refractivity contribution in [2.75, 3.05) is 13.1 Å². The number of benzene rings is 1. The minimum atomic E-state index is -0.359. The third-order valence-electron chi connectivity index (χ3n) is 5.25. The van der Waals surface area contributed by atoms with Crippen LogP contribution in [-0.4, -0.2) is 43.6 Å². The molecule has 0 unspecified atom stereocenters. The molecule has 0 bridgehead atoms. The zero-order valence-electron chi connectivity index (χ0n) is 14.7. The number of H-pyrrole nitrogens is 2. The Hall–Kier alpha value is -2.90. The molecule has 1 saturated heterocycles. The topological polar surface area (TPSA) is 86.8 Å². The Morgan fingerprint density at radius 1 is 1.31 bits per heavy atom. The van der Waals surface area contributed by atoms with Crippen molar-refractivity contribution in [3.8, 4) is 0 Å². The van der Waals surface area contributed by atoms with Crippen molar-refractivity contribution in [1.82, 2.24) is 24.6 Å². The Kier molecular flexibility index (Phi) is 3.90. The summed E-state index contributed by atoms with van der Waals surface area (Å²) in [6, 6.07) is 4.83. The molecule has 0 radical (unpaired) electrons. The van der Waals surface area contributed by atoms with E-state index in [4.69, 9.17) is 0 Å². The SMILES string of the molecule is Cc1ccc(F)c2[nH]c(C(=O)N3CCC(c4n[nH]c(=O)n4C)CC3)cc12. The van der Waals surface area contributed by atoms with Crippen molar-refractivity contribution in [2.24, 2.45) is 7.05 Å². The van der Waals surface area contributed by atoms with Crippen molar-refractivity contribution in [1.29, 1.82) is 0 Å². The molecule has 2 N–H and O–H groups in total. The van der Waals surface area contributed by atoms with E-state index < -0.39 is 0 Å². The van der Waals surface area contributed by atoms with Crippen LogP contribution >= 0.6 is 0 Å². The number of fused-ring (bicyclic) bond motifs is 1. The Balaban J connectivity index is 1.52. The second kappa shape index (κ2) is 6.12. The zero-order valence-corrected chi connectivity index (χ0v) is 14.7. The highest BCUT2D eigenvalue weighted by Gasteiger charge is 2.28. The van der Waals surface area contributed by atoms with Crippen LogP contribution in [0.1, 0.15) is 40.6 Å². The number of halogens is 1. The number of nitrogens with one attached hydrogen (secondary N) is 2. The molecule has 136 valence electrons. The van der Waals surface area contributed by atoms with Crippen molar-refractivity contribution in [2.45, 2.75) is 25.7 Å². The summed E-state index contributed by atoms with van der Waals surface area (Å²) in [4.78, 5) is 29.0. The average Bonchev–Trinajstić information content (AvgIpc) is 3.24. The first-order chi connectivity index (χ1) is 12.5. The monoisotopic (exact) mass is 357 g/mol. The van der Waals surface area contributed by atoms with Crippen LogP contribution in [0, 0.1) is 12.7 Å². The molecule has 0 atom stereocenters. The van der Waals surface area contributed by atoms with Gasteiger partial charge >= 0.3 is 5.69 Å². The number of hydrogen-bond acceptors (Lipinski definition) is 3. The Morgan fingerprint density at radius 3 is 2.65 bits per heavy atom. The number of likely N-dealkylation sites (tertiary alicyclic amines) is 1. The molecule has 2 aromatic heterocycles. The van der Waals surface area contributed by atoms with Gasteiger partial charge in [0.1, 0.15) is 17.3 Å². The van der Waals surface area contributed by atoms with Gasteiger partial charge in [-0.15, -0.1) is 0 Å². The predicted molar refractivity (Wildman–Crippen MR) is 94.7 cm³/mol. The lowest BCUT2D eigenvalue weighted by Crippen LogP contribution is -2.38. The summed E-state index contributed by atoms with van der Waals surface area (Å²) in [7, 11) is 1.69. The summed E-state index contributed by atoms with van der Waals surface area (Å²) < 4.78 is 15.5. The van der Waals surface area contributed by atoms with Gasteiger partial charge in [0.25, 0.3) is 5.91 Å². The van der Waals surface area contributed by atoms with Gasteiger partial charge in [-0.05, 0) is 37.5 Å². The molecule has 3 aromatic rings. The van der Waals surface area contributed by atoms with Crippen LogP contribution in [-0.2, 0) is 7.05 Å². The maximum absolute atomic E-state index is 14.0. The molecule has 0 spiro atoms. The van der Waals surface area contributed by atoms with E-state index >= 15 is 0 Å². The van der Waals surface area contributed by atoms with Crippen LogP contribution < -0.4 is 5.69 Å². The minimum Gasteiger partial charge on any atom is -0.348 e. The van der Waals surface area contributed by atoms with Gasteiger partial charge in [-0.3, -0.25) is 9.36 Å². The number of amides is 1. The van der Waals surface area contributed by atoms with Gasteiger partial charge in [0.15, 0.2) is 0 Å². The molecule has 1 fully saturated rings. The van der Waals surface area contributed by atoms with Crippen LogP contribution in [0.3, 0.4) is 0 Å². The van der Waals surface area contributed by atoms with E-state index in [0.717, 1.165) is 29.6 Å². The number of piperidine rings is 1. The van der Waals surface area contributed by atoms with Gasteiger partial charge in [0, 0.05) is 31.4 Å². The number of carbonyl (C=O) groups is 1. The Bertz CT molecular complexity index is 1000. The van der Waals surface area contributed by atoms with Gasteiger partial charge in [0.05, 0.1) is 5.52 Å². The van der Waals surface area contributed by atoms with E-state index in [1.54, 1.807) is 24.1 Å². The molecule has 8 heteroatoms. The molecular formula is C18H20FN5O2. The molecule has 4 rings (SSSR count). The summed E-state index contributed by atoms with van der Waals surface area (Å²) in [5.41, 5.74) is 1.47. The molecule has 26 heavy (non-hydrogen) atoms. The first-order valence-electron chi connectivity index (χ1n) is 8.64. The summed E-state index contributed by atoms with van der Waals surface area (Å²) in [6.45, 7) is 3.03. The summed E-state index contributed by atoms with van der Waals surface area (Å²) in [5, 5.41) is 7.28. The number of nitrogens with zero attached hydrogens (tertiary/aromatic N) is 3. The van der Waals surface area contributed by atoms with Gasteiger partial charge in [-0.25, -0.2) is 14.3 Å². The van der Waals surface area contributed by atoms with Gasteiger partial charge < -0.3 is 9.88 Å². The molecular weight excluding hydrogens is 337 g/mol. The van der Waals surface area contributed by atoms with Crippen LogP contribution in [0.15, 0.2) is 23.0 Å². The fraction of sp³-hybridized carbons (Fsp3) is 0.389. The summed E-state index contributed by atoms with van der Waals surface area (Å²) in [5.74, 6) is 0.382. The average molecular weight is 357 g/mol. The van der Waals surface area contributed by atoms with Gasteiger partial charge in [0.2, 0.25) is 0 Å². The normalized spacial score (nSPS) is 15.7. The molecule has 3 heterocycles. The van der Waals surface area contributed by atoms with Crippen LogP contribution in [0.5, 0.6) is 0 Å². The molecule has 0 saturated carbocycles. The first-order valence-corrected chi connectivity index (χ1v) is 8.64. The van der Waals surface area contributed by atoms with E-state index in [2.05, 4.69) is 15.2 Å². The second-order valence-electron chi connectivity index (χ2n) is 6.85. The summed E-state index contributed by atoms with van der Waals surface area (Å²) >= 11 is 0. The number of aromatic amines is 2. The van der Waals surface area contributed by atoms with E-state index in [0.29, 0.717) is 24.3 Å². The van der Waals surface area contributed by atoms with Crippen molar-refractivity contribution >= 4 is 16.8 Å². The standard InChI is InChI=1S/C18H20FN5O2/c1-10-3-4-13(19)15-12(10)9-14(20-15)17(25)24-7-5-11(6-8-24)16-21-22-18(26)23(16)2/h3-4,9,11,20H,5-8H2,1-2H3,(H,22,26). The first kappa shape index (κ1) is 16.6. The lowest BCUT2D eigenvalue weighted by molar-refractivity contribution is 0.0705. The quantitative estimate of drug-likeness (QED) is 0.736. The van der Waals surface area contributed by atoms with Crippen molar-refractivity contribution in [3.05, 3.63) is 51.6 Å². The zero-order chi connectivity index (χ0) is 18.4. The molecule has 1 aliphatic rings. The molecule has 7 nitrogen and oxygen atoms in total. The number of aryl methyl sites for hydroxylation is 1. The van der Waals surface area contributed by atoms with E-state index in [1.807, 2.05) is 6.92 Å². The van der Waals surface area contributed by atoms with E-state index in [9.17, 15) is 14.0 Å². The minimum absolute atomic E-state index is 0.130. The third kappa shape index (κ3) is 2.61. The van der Waals surface area contributed by atoms with Crippen molar-refractivity contribution in [3.63, 3.8) is 0 Å². The lowest BCUT2D eigenvalue weighted by atomic mass is 9.95. The maximum atomic E-state index is 14.0. The fourth-order valence-electron chi connectivity index (χ4n) is 3.68. The third-order valence-corrected chi connectivity index (χ3v) is 5.25. The molecule has 1 amide bonds. The lowest BCUT2D eigenvalue weighted by Gasteiger charge is -2.31. The Labute approximate surface area is 148 Å². The molecule has 0 aliphatic carbocycles. The number of rotatable bonds is 2. The van der Waals surface area contributed by atoms with Crippen LogP contribution in [0.2, 0.25) is 0 Å². The largest absolute Gasteiger partial charge is 0.348 e. The summed E-state index contributed by atoms with van der Waals surface area (Å²) in [6.07, 6.45) is 1.47. The highest BCUT2D eigenvalue weighted by molar-refractivity contribution is 5.99. The fourth-order valence-corrected chi connectivity index (χ4v) is 3.68. The molecule has 1 aliphatic heterocycles. The smallest absolute Gasteiger partial charge is 0.343 e. The predicted octanol–water partition coefficient (Wildman–Crippen LogP) is 2.06. The number of hydrogen-bond donors (Lipinski definition) is 2. The van der Waals surface area contributed by atoms with Gasteiger partial charge in [-0.1, -0.05) is 6.07 Å². The van der Waals surface area contributed by atoms with Crippen LogP contribution in [0.4, 0.5) is 4.39 Å². The maximum Gasteiger partial charge on any atom is 0.343 e. The molecule has 1 aromatic carbocycles. The Morgan fingerprint density at radius 2 is 2.04 bits per heavy atom.